The number of aliphatic carboxylic acids is 1. The zero-order chi connectivity index (χ0) is 13.6. The lowest BCUT2D eigenvalue weighted by Gasteiger charge is -2.33. The normalized spacial score (nSPS) is 17.6. The molecule has 3 amide bonds. The molecule has 0 aromatic carbocycles. The Bertz CT molecular complexity index is 337. The summed E-state index contributed by atoms with van der Waals surface area (Å²) in [6.45, 7) is -0.169. The van der Waals surface area contributed by atoms with Gasteiger partial charge >= 0.3 is 12.0 Å². The van der Waals surface area contributed by atoms with Crippen LogP contribution in [0.1, 0.15) is 32.1 Å². The molecule has 0 aliphatic heterocycles. The maximum Gasteiger partial charge on any atom is 0.329 e. The van der Waals surface area contributed by atoms with Gasteiger partial charge in [-0.3, -0.25) is 4.79 Å². The number of hydrogen-bond donors (Lipinski definition) is 4. The van der Waals surface area contributed by atoms with E-state index in [9.17, 15) is 19.5 Å². The lowest BCUT2D eigenvalue weighted by Crippen LogP contribution is -2.58. The standard InChI is InChI=1S/C11H19N3O4/c1-12-8(15)7-13-10(18)14-11(9(16)17)5-3-2-4-6-11/h2-7H2,1H3,(H,12,15)(H,16,17)(H2,13,14,18). The molecule has 102 valence electrons. The Morgan fingerprint density at radius 1 is 1.17 bits per heavy atom. The van der Waals surface area contributed by atoms with E-state index >= 15 is 0 Å². The smallest absolute Gasteiger partial charge is 0.329 e. The molecule has 0 heterocycles. The minimum atomic E-state index is -1.19. The monoisotopic (exact) mass is 257 g/mol. The third-order valence-corrected chi connectivity index (χ3v) is 3.16. The van der Waals surface area contributed by atoms with Gasteiger partial charge in [-0.05, 0) is 12.8 Å². The summed E-state index contributed by atoms with van der Waals surface area (Å²) in [5.74, 6) is -1.35. The van der Waals surface area contributed by atoms with Crippen LogP contribution in [0.4, 0.5) is 4.79 Å². The van der Waals surface area contributed by atoms with Crippen LogP contribution in [0.3, 0.4) is 0 Å². The predicted octanol–water partition coefficient (Wildman–Crippen LogP) is -0.181. The molecule has 4 N–H and O–H groups in total. The highest BCUT2D eigenvalue weighted by Crippen LogP contribution is 2.28. The van der Waals surface area contributed by atoms with Crippen LogP contribution in [0, 0.1) is 0 Å². The Kier molecular flexibility index (Phi) is 4.94. The lowest BCUT2D eigenvalue weighted by atomic mass is 9.82. The number of carboxylic acids is 1. The molecule has 0 saturated heterocycles. The maximum absolute atomic E-state index is 11.6. The van der Waals surface area contributed by atoms with E-state index in [2.05, 4.69) is 16.0 Å². The molecule has 0 unspecified atom stereocenters. The zero-order valence-electron chi connectivity index (χ0n) is 10.4. The van der Waals surface area contributed by atoms with E-state index in [-0.39, 0.29) is 12.5 Å². The van der Waals surface area contributed by atoms with Crippen molar-refractivity contribution >= 4 is 17.9 Å². The molecule has 0 aromatic rings. The highest BCUT2D eigenvalue weighted by Gasteiger charge is 2.40. The van der Waals surface area contributed by atoms with Gasteiger partial charge in [0.25, 0.3) is 0 Å². The fourth-order valence-corrected chi connectivity index (χ4v) is 2.06. The summed E-state index contributed by atoms with van der Waals surface area (Å²) in [5.41, 5.74) is -1.19. The van der Waals surface area contributed by atoms with E-state index in [1.54, 1.807) is 0 Å². The minimum Gasteiger partial charge on any atom is -0.480 e. The number of urea groups is 1. The van der Waals surface area contributed by atoms with Crippen LogP contribution >= 0.6 is 0 Å². The van der Waals surface area contributed by atoms with Crippen molar-refractivity contribution in [3.05, 3.63) is 0 Å². The second kappa shape index (κ2) is 6.23. The SMILES string of the molecule is CNC(=O)CNC(=O)NC1(C(=O)O)CCCCC1. The maximum atomic E-state index is 11.6. The second-order valence-corrected chi connectivity index (χ2v) is 4.43. The summed E-state index contributed by atoms with van der Waals surface area (Å²) < 4.78 is 0. The second-order valence-electron chi connectivity index (χ2n) is 4.43. The number of carbonyl (C=O) groups is 3. The first-order valence-corrected chi connectivity index (χ1v) is 6.00. The molecule has 0 aromatic heterocycles. The van der Waals surface area contributed by atoms with Crippen molar-refractivity contribution in [2.24, 2.45) is 0 Å². The molecule has 1 saturated carbocycles. The van der Waals surface area contributed by atoms with Crippen LogP contribution in [0.2, 0.25) is 0 Å². The van der Waals surface area contributed by atoms with Crippen molar-refractivity contribution in [3.8, 4) is 0 Å². The highest BCUT2D eigenvalue weighted by molar-refractivity contribution is 5.88. The molecular formula is C11H19N3O4. The minimum absolute atomic E-state index is 0.169. The number of carboxylic acid groups (broad SMARTS) is 1. The zero-order valence-corrected chi connectivity index (χ0v) is 10.4. The van der Waals surface area contributed by atoms with Crippen LogP contribution < -0.4 is 16.0 Å². The topological polar surface area (TPSA) is 108 Å². The number of hydrogen-bond acceptors (Lipinski definition) is 3. The fourth-order valence-electron chi connectivity index (χ4n) is 2.06. The first kappa shape index (κ1) is 14.3. The van der Waals surface area contributed by atoms with Gasteiger partial charge in [0.2, 0.25) is 5.91 Å². The van der Waals surface area contributed by atoms with E-state index in [1.807, 2.05) is 0 Å². The Labute approximate surface area is 105 Å². The van der Waals surface area contributed by atoms with Crippen molar-refractivity contribution in [1.82, 2.24) is 16.0 Å². The van der Waals surface area contributed by atoms with Gasteiger partial charge in [-0.1, -0.05) is 19.3 Å². The number of amides is 3. The average Bonchev–Trinajstić information content (AvgIpc) is 2.36. The predicted molar refractivity (Wildman–Crippen MR) is 64.1 cm³/mol. The largest absolute Gasteiger partial charge is 0.480 e. The summed E-state index contributed by atoms with van der Waals surface area (Å²) in [4.78, 5) is 33.8. The van der Waals surface area contributed by atoms with Gasteiger partial charge < -0.3 is 21.1 Å². The number of nitrogens with one attached hydrogen (secondary N) is 3. The molecule has 0 atom stereocenters. The van der Waals surface area contributed by atoms with Gasteiger partial charge in [-0.15, -0.1) is 0 Å². The van der Waals surface area contributed by atoms with Crippen molar-refractivity contribution in [2.45, 2.75) is 37.6 Å². The van der Waals surface area contributed by atoms with E-state index in [1.165, 1.54) is 7.05 Å². The molecule has 0 bridgehead atoms. The fraction of sp³-hybridized carbons (Fsp3) is 0.727. The molecule has 0 radical (unpaired) electrons. The van der Waals surface area contributed by atoms with Crippen molar-refractivity contribution in [3.63, 3.8) is 0 Å². The van der Waals surface area contributed by atoms with Crippen molar-refractivity contribution < 1.29 is 19.5 Å². The molecule has 7 heteroatoms. The third kappa shape index (κ3) is 3.61. The number of rotatable bonds is 4. The summed E-state index contributed by atoms with van der Waals surface area (Å²) in [7, 11) is 1.46. The van der Waals surface area contributed by atoms with Crippen LogP contribution in [0.25, 0.3) is 0 Å². The Morgan fingerprint density at radius 3 is 2.28 bits per heavy atom. The quantitative estimate of drug-likeness (QED) is 0.560. The molecule has 7 nitrogen and oxygen atoms in total. The van der Waals surface area contributed by atoms with Crippen LogP contribution in [0.5, 0.6) is 0 Å². The van der Waals surface area contributed by atoms with Crippen molar-refractivity contribution in [2.75, 3.05) is 13.6 Å². The molecular weight excluding hydrogens is 238 g/mol. The first-order valence-electron chi connectivity index (χ1n) is 6.00. The highest BCUT2D eigenvalue weighted by atomic mass is 16.4. The van der Waals surface area contributed by atoms with Crippen LogP contribution in [-0.2, 0) is 9.59 Å². The third-order valence-electron chi connectivity index (χ3n) is 3.16. The van der Waals surface area contributed by atoms with Crippen LogP contribution in [-0.4, -0.2) is 42.1 Å². The average molecular weight is 257 g/mol. The van der Waals surface area contributed by atoms with Gasteiger partial charge in [0, 0.05) is 7.05 Å². The Hall–Kier alpha value is -1.79. The molecule has 1 aliphatic carbocycles. The van der Waals surface area contributed by atoms with Crippen molar-refractivity contribution in [1.29, 1.82) is 0 Å². The molecule has 1 aliphatic rings. The van der Waals surface area contributed by atoms with Gasteiger partial charge in [0.1, 0.15) is 5.54 Å². The molecule has 1 fully saturated rings. The van der Waals surface area contributed by atoms with Crippen LogP contribution in [0.15, 0.2) is 0 Å². The molecule has 0 spiro atoms. The van der Waals surface area contributed by atoms with E-state index < -0.39 is 17.5 Å². The van der Waals surface area contributed by atoms with E-state index in [0.717, 1.165) is 19.3 Å². The summed E-state index contributed by atoms with van der Waals surface area (Å²) in [6, 6.07) is -0.622. The summed E-state index contributed by atoms with van der Waals surface area (Å²) >= 11 is 0. The van der Waals surface area contributed by atoms with E-state index in [4.69, 9.17) is 0 Å². The summed E-state index contributed by atoms with van der Waals surface area (Å²) in [5, 5.41) is 16.4. The number of carbonyl (C=O) groups excluding carboxylic acids is 2. The van der Waals surface area contributed by atoms with Gasteiger partial charge in [0.15, 0.2) is 0 Å². The number of likely N-dealkylation sites (N-methyl/N-ethyl adjacent to an activating group) is 1. The molecule has 1 rings (SSSR count). The van der Waals surface area contributed by atoms with Gasteiger partial charge in [0.05, 0.1) is 6.54 Å². The molecule has 18 heavy (non-hydrogen) atoms. The van der Waals surface area contributed by atoms with E-state index in [0.29, 0.717) is 12.8 Å². The lowest BCUT2D eigenvalue weighted by molar-refractivity contribution is -0.145. The first-order chi connectivity index (χ1) is 8.50. The Morgan fingerprint density at radius 2 is 1.78 bits per heavy atom. The van der Waals surface area contributed by atoms with Gasteiger partial charge in [-0.2, -0.15) is 0 Å². The Balaban J connectivity index is 2.53. The van der Waals surface area contributed by atoms with Gasteiger partial charge in [-0.25, -0.2) is 9.59 Å². The summed E-state index contributed by atoms with van der Waals surface area (Å²) in [6.07, 6.45) is 3.39.